The Morgan fingerprint density at radius 1 is 1.23 bits per heavy atom. The van der Waals surface area contributed by atoms with E-state index in [1.807, 2.05) is 24.3 Å². The lowest BCUT2D eigenvalue weighted by molar-refractivity contribution is 0.673. The molecule has 112 valence electrons. The molecule has 3 heterocycles. The molecule has 4 rings (SSSR count). The molecule has 4 nitrogen and oxygen atoms in total. The van der Waals surface area contributed by atoms with E-state index in [2.05, 4.69) is 14.9 Å². The molecule has 1 N–H and O–H groups in total. The van der Waals surface area contributed by atoms with E-state index in [4.69, 9.17) is 28.2 Å². The standard InChI is InChI=1S/C16H14Cl2N4/c17-10-8-11(18)16(19-9-10)22-7-3-6-14(22)15-20-12-4-1-2-5-13(12)21-15/h1-2,4-5,8-9,14H,3,6-7H2,(H,20,21). The topological polar surface area (TPSA) is 44.8 Å². The fraction of sp³-hybridized carbons (Fsp3) is 0.250. The minimum atomic E-state index is 0.165. The molecule has 1 saturated heterocycles. The average Bonchev–Trinajstić information content (AvgIpc) is 3.13. The number of nitrogens with one attached hydrogen (secondary N) is 1. The van der Waals surface area contributed by atoms with Crippen LogP contribution in [-0.2, 0) is 0 Å². The quantitative estimate of drug-likeness (QED) is 0.745. The van der Waals surface area contributed by atoms with Gasteiger partial charge in [0.2, 0.25) is 0 Å². The van der Waals surface area contributed by atoms with Crippen LogP contribution in [0.25, 0.3) is 11.0 Å². The van der Waals surface area contributed by atoms with Crippen molar-refractivity contribution in [1.82, 2.24) is 15.0 Å². The smallest absolute Gasteiger partial charge is 0.148 e. The molecule has 22 heavy (non-hydrogen) atoms. The molecule has 2 aromatic heterocycles. The van der Waals surface area contributed by atoms with E-state index in [0.29, 0.717) is 10.0 Å². The molecule has 1 aromatic carbocycles. The van der Waals surface area contributed by atoms with Crippen molar-refractivity contribution in [1.29, 1.82) is 0 Å². The maximum atomic E-state index is 6.32. The fourth-order valence-corrected chi connectivity index (χ4v) is 3.54. The summed E-state index contributed by atoms with van der Waals surface area (Å²) in [5.74, 6) is 1.74. The van der Waals surface area contributed by atoms with Crippen LogP contribution >= 0.6 is 23.2 Å². The molecule has 1 aliphatic heterocycles. The number of halogens is 2. The van der Waals surface area contributed by atoms with Gasteiger partial charge in [0, 0.05) is 12.7 Å². The van der Waals surface area contributed by atoms with Crippen molar-refractivity contribution >= 4 is 40.1 Å². The predicted molar refractivity (Wildman–Crippen MR) is 89.7 cm³/mol. The van der Waals surface area contributed by atoms with Crippen LogP contribution in [-0.4, -0.2) is 21.5 Å². The van der Waals surface area contributed by atoms with Crippen LogP contribution < -0.4 is 4.90 Å². The van der Waals surface area contributed by atoms with Gasteiger partial charge in [0.15, 0.2) is 0 Å². The lowest BCUT2D eigenvalue weighted by atomic mass is 10.2. The molecule has 0 amide bonds. The third kappa shape index (κ3) is 2.32. The molecule has 1 fully saturated rings. The van der Waals surface area contributed by atoms with E-state index in [9.17, 15) is 0 Å². The summed E-state index contributed by atoms with van der Waals surface area (Å²) < 4.78 is 0. The van der Waals surface area contributed by atoms with Gasteiger partial charge >= 0.3 is 0 Å². The van der Waals surface area contributed by atoms with Crippen LogP contribution in [0.5, 0.6) is 0 Å². The minimum Gasteiger partial charge on any atom is -0.345 e. The van der Waals surface area contributed by atoms with E-state index in [1.54, 1.807) is 12.3 Å². The largest absolute Gasteiger partial charge is 0.345 e. The SMILES string of the molecule is Clc1cnc(N2CCCC2c2nc3ccccc3[nH]2)c(Cl)c1. The summed E-state index contributed by atoms with van der Waals surface area (Å²) in [5, 5.41) is 1.13. The normalized spacial score (nSPS) is 18.3. The molecular formula is C16H14Cl2N4. The van der Waals surface area contributed by atoms with Crippen LogP contribution in [0.3, 0.4) is 0 Å². The van der Waals surface area contributed by atoms with Gasteiger partial charge in [-0.2, -0.15) is 0 Å². The van der Waals surface area contributed by atoms with Gasteiger partial charge in [-0.25, -0.2) is 9.97 Å². The summed E-state index contributed by atoms with van der Waals surface area (Å²) in [7, 11) is 0. The average molecular weight is 333 g/mol. The number of H-pyrrole nitrogens is 1. The molecule has 0 spiro atoms. The van der Waals surface area contributed by atoms with Crippen molar-refractivity contribution < 1.29 is 0 Å². The summed E-state index contributed by atoms with van der Waals surface area (Å²) >= 11 is 12.3. The lowest BCUT2D eigenvalue weighted by Crippen LogP contribution is -2.24. The van der Waals surface area contributed by atoms with Gasteiger partial charge in [0.05, 0.1) is 27.1 Å². The Bertz CT molecular complexity index is 797. The molecule has 0 radical (unpaired) electrons. The first kappa shape index (κ1) is 13.9. The van der Waals surface area contributed by atoms with Crippen molar-refractivity contribution in [3.05, 3.63) is 52.4 Å². The second-order valence-corrected chi connectivity index (χ2v) is 6.29. The van der Waals surface area contributed by atoms with Gasteiger partial charge in [-0.15, -0.1) is 0 Å². The first-order chi connectivity index (χ1) is 10.7. The Balaban J connectivity index is 1.74. The highest BCUT2D eigenvalue weighted by Gasteiger charge is 2.30. The van der Waals surface area contributed by atoms with E-state index in [1.165, 1.54) is 0 Å². The number of hydrogen-bond acceptors (Lipinski definition) is 3. The number of hydrogen-bond donors (Lipinski definition) is 1. The monoisotopic (exact) mass is 332 g/mol. The lowest BCUT2D eigenvalue weighted by Gasteiger charge is -2.25. The van der Waals surface area contributed by atoms with Gasteiger partial charge in [-0.05, 0) is 31.0 Å². The Morgan fingerprint density at radius 3 is 2.91 bits per heavy atom. The zero-order valence-corrected chi connectivity index (χ0v) is 13.3. The molecule has 0 aliphatic carbocycles. The summed E-state index contributed by atoms with van der Waals surface area (Å²) in [6.45, 7) is 0.913. The van der Waals surface area contributed by atoms with E-state index in [0.717, 1.165) is 42.1 Å². The number of nitrogens with zero attached hydrogens (tertiary/aromatic N) is 3. The maximum Gasteiger partial charge on any atom is 0.148 e. The van der Waals surface area contributed by atoms with Crippen LogP contribution in [0.2, 0.25) is 10.0 Å². The van der Waals surface area contributed by atoms with E-state index < -0.39 is 0 Å². The second-order valence-electron chi connectivity index (χ2n) is 5.45. The number of fused-ring (bicyclic) bond motifs is 1. The van der Waals surface area contributed by atoms with Gasteiger partial charge < -0.3 is 9.88 Å². The Labute approximate surface area is 138 Å². The number of rotatable bonds is 2. The molecule has 0 saturated carbocycles. The van der Waals surface area contributed by atoms with Gasteiger partial charge in [0.25, 0.3) is 0 Å². The molecule has 3 aromatic rings. The van der Waals surface area contributed by atoms with Crippen LogP contribution in [0, 0.1) is 0 Å². The third-order valence-electron chi connectivity index (χ3n) is 4.04. The summed E-state index contributed by atoms with van der Waals surface area (Å²) in [5.41, 5.74) is 2.04. The van der Waals surface area contributed by atoms with Gasteiger partial charge in [-0.1, -0.05) is 35.3 Å². The molecule has 1 unspecified atom stereocenters. The number of aromatic nitrogens is 3. The Morgan fingerprint density at radius 2 is 2.09 bits per heavy atom. The maximum absolute atomic E-state index is 6.32. The van der Waals surface area contributed by atoms with Crippen molar-refractivity contribution in [3.63, 3.8) is 0 Å². The van der Waals surface area contributed by atoms with Crippen LogP contribution in [0.15, 0.2) is 36.5 Å². The zero-order chi connectivity index (χ0) is 15.1. The predicted octanol–water partition coefficient (Wildman–Crippen LogP) is 4.61. The highest BCUT2D eigenvalue weighted by molar-refractivity contribution is 6.36. The number of imidazole rings is 1. The van der Waals surface area contributed by atoms with Gasteiger partial charge in [-0.3, -0.25) is 0 Å². The number of anilines is 1. The second kappa shape index (κ2) is 5.45. The number of benzene rings is 1. The zero-order valence-electron chi connectivity index (χ0n) is 11.8. The summed E-state index contributed by atoms with van der Waals surface area (Å²) in [6, 6.07) is 9.96. The minimum absolute atomic E-state index is 0.165. The van der Waals surface area contributed by atoms with Crippen LogP contribution in [0.1, 0.15) is 24.7 Å². The molecule has 0 bridgehead atoms. The van der Waals surface area contributed by atoms with E-state index >= 15 is 0 Å². The Hall–Kier alpha value is -1.78. The molecular weight excluding hydrogens is 319 g/mol. The first-order valence-corrected chi connectivity index (χ1v) is 8.00. The van der Waals surface area contributed by atoms with E-state index in [-0.39, 0.29) is 6.04 Å². The number of pyridine rings is 1. The molecule has 1 aliphatic rings. The Kier molecular flexibility index (Phi) is 3.43. The number of para-hydroxylation sites is 2. The summed E-state index contributed by atoms with van der Waals surface area (Å²) in [4.78, 5) is 14.8. The number of aromatic amines is 1. The fourth-order valence-electron chi connectivity index (χ4n) is 3.05. The first-order valence-electron chi connectivity index (χ1n) is 7.25. The van der Waals surface area contributed by atoms with Crippen molar-refractivity contribution in [2.75, 3.05) is 11.4 Å². The highest BCUT2D eigenvalue weighted by Crippen LogP contribution is 2.38. The highest BCUT2D eigenvalue weighted by atomic mass is 35.5. The molecule has 6 heteroatoms. The van der Waals surface area contributed by atoms with Crippen LogP contribution in [0.4, 0.5) is 5.82 Å². The third-order valence-corrected chi connectivity index (χ3v) is 4.52. The molecule has 1 atom stereocenters. The summed E-state index contributed by atoms with van der Waals surface area (Å²) in [6.07, 6.45) is 3.75. The van der Waals surface area contributed by atoms with Crippen molar-refractivity contribution in [2.45, 2.75) is 18.9 Å². The van der Waals surface area contributed by atoms with Gasteiger partial charge in [0.1, 0.15) is 11.6 Å². The van der Waals surface area contributed by atoms with Crippen molar-refractivity contribution in [2.24, 2.45) is 0 Å². The van der Waals surface area contributed by atoms with Crippen molar-refractivity contribution in [3.8, 4) is 0 Å².